The van der Waals surface area contributed by atoms with Gasteiger partial charge in [-0.25, -0.2) is 0 Å². The number of aromatic amines is 1. The fourth-order valence-electron chi connectivity index (χ4n) is 4.63. The van der Waals surface area contributed by atoms with Gasteiger partial charge in [0.05, 0.1) is 6.04 Å². The Kier molecular flexibility index (Phi) is 4.72. The molecule has 170 valence electrons. The van der Waals surface area contributed by atoms with Gasteiger partial charge in [0, 0.05) is 40.2 Å². The average Bonchev–Trinajstić information content (AvgIpc) is 3.52. The van der Waals surface area contributed by atoms with Crippen LogP contribution >= 0.6 is 0 Å². The first kappa shape index (κ1) is 20.6. The largest absolute Gasteiger partial charge is 0.345 e. The summed E-state index contributed by atoms with van der Waals surface area (Å²) in [6.07, 6.45) is 4.49. The number of hydrogen-bond acceptors (Lipinski definition) is 5. The lowest BCUT2D eigenvalue weighted by molar-refractivity contribution is 0.0958. The highest BCUT2D eigenvalue weighted by Gasteiger charge is 2.27. The molecular weight excluding hydrogens is 424 g/mol. The maximum atomic E-state index is 12.1. The van der Waals surface area contributed by atoms with Gasteiger partial charge in [-0.1, -0.05) is 24.3 Å². The maximum absolute atomic E-state index is 12.1. The van der Waals surface area contributed by atoms with Crippen molar-refractivity contribution in [3.05, 3.63) is 76.6 Å². The molecule has 0 spiro atoms. The first-order valence-corrected chi connectivity index (χ1v) is 11.7. The second kappa shape index (κ2) is 7.80. The third-order valence-electron chi connectivity index (χ3n) is 6.78. The van der Waals surface area contributed by atoms with Crippen molar-refractivity contribution in [3.8, 4) is 22.5 Å². The predicted octanol–water partition coefficient (Wildman–Crippen LogP) is 5.58. The van der Waals surface area contributed by atoms with Gasteiger partial charge in [-0.15, -0.1) is 5.10 Å². The van der Waals surface area contributed by atoms with Crippen molar-refractivity contribution in [2.45, 2.75) is 45.6 Å². The number of anilines is 2. The van der Waals surface area contributed by atoms with Crippen LogP contribution < -0.4 is 10.6 Å². The lowest BCUT2D eigenvalue weighted by Gasteiger charge is -2.10. The molecular formula is C27H26N6O. The van der Waals surface area contributed by atoms with Crippen molar-refractivity contribution < 1.29 is 4.79 Å². The standard InChI is InChI=1S/C27H26N6O/c1-14-10-18(19-7-9-23(28-13-19)17-4-5-17)6-8-20(14)25-31-27(33-32-25)30-24-12-21-16(3)29-26(34)22(21)11-15(24)2/h6-13,16-17H,4-5H2,1-3H3,(H,29,34)(H2,30,31,32,33). The van der Waals surface area contributed by atoms with E-state index in [-0.39, 0.29) is 11.9 Å². The number of amides is 1. The summed E-state index contributed by atoms with van der Waals surface area (Å²) in [4.78, 5) is 21.4. The van der Waals surface area contributed by atoms with E-state index in [2.05, 4.69) is 68.1 Å². The highest BCUT2D eigenvalue weighted by atomic mass is 16.2. The fourth-order valence-corrected chi connectivity index (χ4v) is 4.63. The molecule has 34 heavy (non-hydrogen) atoms. The summed E-state index contributed by atoms with van der Waals surface area (Å²) >= 11 is 0. The number of rotatable bonds is 5. The van der Waals surface area contributed by atoms with Gasteiger partial charge in [-0.3, -0.25) is 14.9 Å². The summed E-state index contributed by atoms with van der Waals surface area (Å²) in [7, 11) is 0. The van der Waals surface area contributed by atoms with Crippen molar-refractivity contribution in [1.29, 1.82) is 0 Å². The van der Waals surface area contributed by atoms with Gasteiger partial charge in [0.2, 0.25) is 5.95 Å². The Morgan fingerprint density at radius 1 is 0.971 bits per heavy atom. The minimum absolute atomic E-state index is 0.00683. The Morgan fingerprint density at radius 2 is 1.79 bits per heavy atom. The van der Waals surface area contributed by atoms with E-state index in [1.165, 1.54) is 18.5 Å². The second-order valence-electron chi connectivity index (χ2n) is 9.36. The molecule has 0 radical (unpaired) electrons. The van der Waals surface area contributed by atoms with Crippen molar-refractivity contribution in [2.75, 3.05) is 5.32 Å². The Bertz CT molecular complexity index is 1420. The van der Waals surface area contributed by atoms with Crippen LogP contribution in [0.4, 0.5) is 11.6 Å². The Labute approximate surface area is 198 Å². The number of aryl methyl sites for hydroxylation is 2. The SMILES string of the molecule is Cc1cc2c(cc1Nc1n[nH]c(-c3ccc(-c4ccc(C5CC5)nc4)cc3C)n1)C(C)NC2=O. The molecule has 1 amide bonds. The second-order valence-corrected chi connectivity index (χ2v) is 9.36. The van der Waals surface area contributed by atoms with E-state index in [4.69, 9.17) is 0 Å². The maximum Gasteiger partial charge on any atom is 0.252 e. The van der Waals surface area contributed by atoms with Gasteiger partial charge in [0.25, 0.3) is 5.91 Å². The smallest absolute Gasteiger partial charge is 0.252 e. The van der Waals surface area contributed by atoms with Gasteiger partial charge in [0.1, 0.15) is 0 Å². The Balaban J connectivity index is 1.23. The lowest BCUT2D eigenvalue weighted by atomic mass is 10.0. The minimum atomic E-state index is -0.0223. The lowest BCUT2D eigenvalue weighted by Crippen LogP contribution is -2.16. The molecule has 2 aromatic heterocycles. The first-order valence-electron chi connectivity index (χ1n) is 11.7. The molecule has 3 N–H and O–H groups in total. The number of carbonyl (C=O) groups excluding carboxylic acids is 1. The fraction of sp³-hybridized carbons (Fsp3) is 0.259. The van der Waals surface area contributed by atoms with Crippen LogP contribution in [0.3, 0.4) is 0 Å². The predicted molar refractivity (Wildman–Crippen MR) is 132 cm³/mol. The van der Waals surface area contributed by atoms with Crippen molar-refractivity contribution in [2.24, 2.45) is 0 Å². The number of benzene rings is 2. The van der Waals surface area contributed by atoms with Crippen LogP contribution in [-0.2, 0) is 0 Å². The average molecular weight is 451 g/mol. The summed E-state index contributed by atoms with van der Waals surface area (Å²) in [6.45, 7) is 6.04. The van der Waals surface area contributed by atoms with E-state index in [1.807, 2.05) is 32.2 Å². The number of aromatic nitrogens is 4. The molecule has 4 aromatic rings. The van der Waals surface area contributed by atoms with Crippen molar-refractivity contribution >= 4 is 17.5 Å². The Hall–Kier alpha value is -4.00. The van der Waals surface area contributed by atoms with E-state index in [0.29, 0.717) is 17.7 Å². The number of fused-ring (bicyclic) bond motifs is 1. The third-order valence-corrected chi connectivity index (χ3v) is 6.78. The van der Waals surface area contributed by atoms with E-state index < -0.39 is 0 Å². The number of nitrogens with zero attached hydrogens (tertiary/aromatic N) is 3. The number of H-pyrrole nitrogens is 1. The zero-order chi connectivity index (χ0) is 23.4. The molecule has 1 saturated carbocycles. The third kappa shape index (κ3) is 3.63. The minimum Gasteiger partial charge on any atom is -0.345 e. The summed E-state index contributed by atoms with van der Waals surface area (Å²) in [5, 5.41) is 13.7. The monoisotopic (exact) mass is 450 g/mol. The molecule has 7 heteroatoms. The van der Waals surface area contributed by atoms with Crippen molar-refractivity contribution in [1.82, 2.24) is 25.5 Å². The van der Waals surface area contributed by atoms with Crippen LogP contribution in [0.25, 0.3) is 22.5 Å². The molecule has 0 saturated heterocycles. The molecule has 7 nitrogen and oxygen atoms in total. The number of carbonyl (C=O) groups is 1. The molecule has 2 aliphatic rings. The molecule has 1 aliphatic carbocycles. The van der Waals surface area contributed by atoms with E-state index >= 15 is 0 Å². The molecule has 1 atom stereocenters. The van der Waals surface area contributed by atoms with Gasteiger partial charge in [-0.2, -0.15) is 4.98 Å². The molecule has 6 rings (SSSR count). The molecule has 0 bridgehead atoms. The first-order chi connectivity index (χ1) is 16.5. The molecule has 2 aromatic carbocycles. The van der Waals surface area contributed by atoms with Crippen LogP contribution in [0.1, 0.15) is 64.5 Å². The zero-order valence-electron chi connectivity index (χ0n) is 19.4. The molecule has 1 unspecified atom stereocenters. The molecule has 1 fully saturated rings. The zero-order valence-corrected chi connectivity index (χ0v) is 19.4. The van der Waals surface area contributed by atoms with Crippen LogP contribution in [0.2, 0.25) is 0 Å². The number of hydrogen-bond donors (Lipinski definition) is 3. The Morgan fingerprint density at radius 3 is 2.53 bits per heavy atom. The van der Waals surface area contributed by atoms with Gasteiger partial charge in [-0.05, 0) is 74.1 Å². The van der Waals surface area contributed by atoms with E-state index in [1.54, 1.807) is 0 Å². The van der Waals surface area contributed by atoms with Gasteiger partial charge in [0.15, 0.2) is 5.82 Å². The van der Waals surface area contributed by atoms with Crippen LogP contribution in [0.5, 0.6) is 0 Å². The molecule has 1 aliphatic heterocycles. The van der Waals surface area contributed by atoms with Crippen LogP contribution in [-0.4, -0.2) is 26.1 Å². The normalized spacial score (nSPS) is 16.9. The highest BCUT2D eigenvalue weighted by Crippen LogP contribution is 2.39. The topological polar surface area (TPSA) is 95.6 Å². The summed E-state index contributed by atoms with van der Waals surface area (Å²) in [5.74, 6) is 1.84. The van der Waals surface area contributed by atoms with Crippen LogP contribution in [0, 0.1) is 13.8 Å². The summed E-state index contributed by atoms with van der Waals surface area (Å²) < 4.78 is 0. The summed E-state index contributed by atoms with van der Waals surface area (Å²) in [6, 6.07) is 14.6. The quantitative estimate of drug-likeness (QED) is 0.369. The summed E-state index contributed by atoms with van der Waals surface area (Å²) in [5.41, 5.74) is 9.15. The van der Waals surface area contributed by atoms with E-state index in [0.717, 1.165) is 44.6 Å². The number of pyridine rings is 1. The van der Waals surface area contributed by atoms with Gasteiger partial charge >= 0.3 is 0 Å². The van der Waals surface area contributed by atoms with Gasteiger partial charge < -0.3 is 10.6 Å². The number of nitrogens with one attached hydrogen (secondary N) is 3. The highest BCUT2D eigenvalue weighted by molar-refractivity contribution is 6.00. The van der Waals surface area contributed by atoms with Crippen molar-refractivity contribution in [3.63, 3.8) is 0 Å². The van der Waals surface area contributed by atoms with Crippen LogP contribution in [0.15, 0.2) is 48.7 Å². The molecule has 3 heterocycles. The van der Waals surface area contributed by atoms with E-state index in [9.17, 15) is 4.79 Å².